The summed E-state index contributed by atoms with van der Waals surface area (Å²) in [5.41, 5.74) is 2.58. The van der Waals surface area contributed by atoms with Gasteiger partial charge < -0.3 is 15.0 Å². The topological polar surface area (TPSA) is 58.6 Å². The minimum absolute atomic E-state index is 0.0650. The van der Waals surface area contributed by atoms with E-state index in [2.05, 4.69) is 19.2 Å². The molecule has 1 N–H and O–H groups in total. The summed E-state index contributed by atoms with van der Waals surface area (Å²) in [5, 5.41) is 3.07. The van der Waals surface area contributed by atoms with E-state index < -0.39 is 0 Å². The van der Waals surface area contributed by atoms with Gasteiger partial charge in [0.05, 0.1) is 7.11 Å². The fraction of sp³-hybridized carbons (Fsp3) is 0.391. The molecule has 0 saturated carbocycles. The van der Waals surface area contributed by atoms with Crippen molar-refractivity contribution in [3.8, 4) is 5.75 Å². The summed E-state index contributed by atoms with van der Waals surface area (Å²) in [5.74, 6) is 1.16. The van der Waals surface area contributed by atoms with Crippen molar-refractivity contribution in [3.05, 3.63) is 65.2 Å². The van der Waals surface area contributed by atoms with Crippen LogP contribution in [0.4, 0.5) is 0 Å². The average molecular weight is 380 g/mol. The lowest BCUT2D eigenvalue weighted by molar-refractivity contribution is 0.0698. The zero-order chi connectivity index (χ0) is 20.1. The molecule has 0 spiro atoms. The summed E-state index contributed by atoms with van der Waals surface area (Å²) in [7, 11) is 1.60. The molecular weight excluding hydrogens is 352 g/mol. The van der Waals surface area contributed by atoms with Crippen LogP contribution in [0.2, 0.25) is 0 Å². The Morgan fingerprint density at radius 3 is 2.07 bits per heavy atom. The Morgan fingerprint density at radius 2 is 1.54 bits per heavy atom. The summed E-state index contributed by atoms with van der Waals surface area (Å²) in [6, 6.07) is 15.0. The number of benzene rings is 2. The van der Waals surface area contributed by atoms with Gasteiger partial charge in [-0.2, -0.15) is 0 Å². The number of likely N-dealkylation sites (tertiary alicyclic amines) is 1. The third-order valence-corrected chi connectivity index (χ3v) is 5.29. The van der Waals surface area contributed by atoms with Gasteiger partial charge in [0.25, 0.3) is 11.8 Å². The maximum atomic E-state index is 12.7. The van der Waals surface area contributed by atoms with Gasteiger partial charge in [0.2, 0.25) is 0 Å². The Kier molecular flexibility index (Phi) is 6.34. The lowest BCUT2D eigenvalue weighted by Crippen LogP contribution is -2.46. The van der Waals surface area contributed by atoms with Crippen molar-refractivity contribution in [1.29, 1.82) is 0 Å². The Hall–Kier alpha value is -2.82. The quantitative estimate of drug-likeness (QED) is 0.857. The fourth-order valence-corrected chi connectivity index (χ4v) is 3.43. The third-order valence-electron chi connectivity index (χ3n) is 5.29. The molecule has 0 aliphatic carbocycles. The highest BCUT2D eigenvalue weighted by atomic mass is 16.5. The zero-order valence-electron chi connectivity index (χ0n) is 16.8. The van der Waals surface area contributed by atoms with Crippen molar-refractivity contribution in [1.82, 2.24) is 10.2 Å². The second kappa shape index (κ2) is 8.91. The summed E-state index contributed by atoms with van der Waals surface area (Å²) in [6.45, 7) is 5.58. The van der Waals surface area contributed by atoms with Crippen LogP contribution in [0.15, 0.2) is 48.5 Å². The van der Waals surface area contributed by atoms with Gasteiger partial charge in [-0.25, -0.2) is 0 Å². The third kappa shape index (κ3) is 4.71. The molecule has 1 fully saturated rings. The van der Waals surface area contributed by atoms with E-state index in [0.717, 1.165) is 24.2 Å². The molecule has 0 bridgehead atoms. The first-order chi connectivity index (χ1) is 13.5. The number of amides is 2. The number of rotatable bonds is 5. The normalized spacial score (nSPS) is 14.8. The lowest BCUT2D eigenvalue weighted by atomic mass is 10.00. The maximum Gasteiger partial charge on any atom is 0.253 e. The number of nitrogens with zero attached hydrogens (tertiary/aromatic N) is 1. The molecule has 0 unspecified atom stereocenters. The predicted octanol–water partition coefficient (Wildman–Crippen LogP) is 3.85. The predicted molar refractivity (Wildman–Crippen MR) is 110 cm³/mol. The molecule has 1 heterocycles. The van der Waals surface area contributed by atoms with E-state index in [9.17, 15) is 9.59 Å². The van der Waals surface area contributed by atoms with E-state index in [4.69, 9.17) is 4.74 Å². The Labute approximate surface area is 166 Å². The van der Waals surface area contributed by atoms with Gasteiger partial charge in [-0.3, -0.25) is 9.59 Å². The Morgan fingerprint density at radius 1 is 0.964 bits per heavy atom. The van der Waals surface area contributed by atoms with Gasteiger partial charge >= 0.3 is 0 Å². The fourth-order valence-electron chi connectivity index (χ4n) is 3.43. The van der Waals surface area contributed by atoms with Gasteiger partial charge in [0.1, 0.15) is 5.75 Å². The van der Waals surface area contributed by atoms with Crippen LogP contribution in [0.25, 0.3) is 0 Å². The van der Waals surface area contributed by atoms with Crippen LogP contribution < -0.4 is 10.1 Å². The molecule has 0 atom stereocenters. The number of piperidine rings is 1. The number of hydrogen-bond acceptors (Lipinski definition) is 3. The summed E-state index contributed by atoms with van der Waals surface area (Å²) in [6.07, 6.45) is 1.52. The number of carbonyl (C=O) groups is 2. The molecule has 1 aliphatic heterocycles. The van der Waals surface area contributed by atoms with Gasteiger partial charge in [-0.15, -0.1) is 0 Å². The molecule has 5 nitrogen and oxygen atoms in total. The Bertz CT molecular complexity index is 805. The maximum absolute atomic E-state index is 12.7. The van der Waals surface area contributed by atoms with E-state index in [1.54, 1.807) is 31.4 Å². The van der Waals surface area contributed by atoms with Crippen LogP contribution in [-0.2, 0) is 0 Å². The summed E-state index contributed by atoms with van der Waals surface area (Å²) >= 11 is 0. The van der Waals surface area contributed by atoms with Crippen molar-refractivity contribution in [2.45, 2.75) is 38.6 Å². The van der Waals surface area contributed by atoms with Crippen LogP contribution in [0.5, 0.6) is 5.75 Å². The molecule has 0 aromatic heterocycles. The highest BCUT2D eigenvalue weighted by Gasteiger charge is 2.25. The first kappa shape index (κ1) is 19.9. The van der Waals surface area contributed by atoms with Crippen LogP contribution in [-0.4, -0.2) is 43.0 Å². The molecular formula is C23H28N2O3. The van der Waals surface area contributed by atoms with Crippen molar-refractivity contribution < 1.29 is 14.3 Å². The van der Waals surface area contributed by atoms with Crippen LogP contribution >= 0.6 is 0 Å². The Balaban J connectivity index is 1.52. The highest BCUT2D eigenvalue weighted by Crippen LogP contribution is 2.18. The number of carbonyl (C=O) groups excluding carboxylic acids is 2. The standard InChI is InChI=1S/C23H28N2O3/c1-16(2)17-4-6-19(7-5-17)23(27)25-14-12-20(13-15-25)24-22(26)18-8-10-21(28-3)11-9-18/h4-11,16,20H,12-15H2,1-3H3,(H,24,26). The van der Waals surface area contributed by atoms with E-state index in [1.807, 2.05) is 29.2 Å². The number of nitrogens with one attached hydrogen (secondary N) is 1. The highest BCUT2D eigenvalue weighted by molar-refractivity contribution is 5.95. The summed E-state index contributed by atoms with van der Waals surface area (Å²) in [4.78, 5) is 27.0. The lowest BCUT2D eigenvalue weighted by Gasteiger charge is -2.32. The van der Waals surface area contributed by atoms with E-state index >= 15 is 0 Å². The monoisotopic (exact) mass is 380 g/mol. The smallest absolute Gasteiger partial charge is 0.253 e. The minimum Gasteiger partial charge on any atom is -0.497 e. The first-order valence-electron chi connectivity index (χ1n) is 9.82. The second-order valence-corrected chi connectivity index (χ2v) is 7.55. The second-order valence-electron chi connectivity index (χ2n) is 7.55. The molecule has 0 radical (unpaired) electrons. The van der Waals surface area contributed by atoms with Crippen molar-refractivity contribution >= 4 is 11.8 Å². The first-order valence-corrected chi connectivity index (χ1v) is 9.82. The molecule has 1 aliphatic rings. The van der Waals surface area contributed by atoms with Crippen molar-refractivity contribution in [2.75, 3.05) is 20.2 Å². The SMILES string of the molecule is COc1ccc(C(=O)NC2CCN(C(=O)c3ccc(C(C)C)cc3)CC2)cc1. The minimum atomic E-state index is -0.0864. The van der Waals surface area contributed by atoms with E-state index in [-0.39, 0.29) is 17.9 Å². The van der Waals surface area contributed by atoms with Gasteiger partial charge in [-0.05, 0) is 60.7 Å². The number of ether oxygens (including phenoxy) is 1. The van der Waals surface area contributed by atoms with Gasteiger partial charge in [0.15, 0.2) is 0 Å². The van der Waals surface area contributed by atoms with Crippen LogP contribution in [0, 0.1) is 0 Å². The molecule has 3 rings (SSSR count). The molecule has 2 aromatic rings. The molecule has 1 saturated heterocycles. The van der Waals surface area contributed by atoms with Gasteiger partial charge in [0, 0.05) is 30.3 Å². The van der Waals surface area contributed by atoms with Crippen molar-refractivity contribution in [2.24, 2.45) is 0 Å². The molecule has 148 valence electrons. The molecule has 5 heteroatoms. The summed E-state index contributed by atoms with van der Waals surface area (Å²) < 4.78 is 5.12. The number of hydrogen-bond donors (Lipinski definition) is 1. The van der Waals surface area contributed by atoms with Gasteiger partial charge in [-0.1, -0.05) is 26.0 Å². The van der Waals surface area contributed by atoms with E-state index in [1.165, 1.54) is 5.56 Å². The van der Waals surface area contributed by atoms with E-state index in [0.29, 0.717) is 24.6 Å². The zero-order valence-corrected chi connectivity index (χ0v) is 16.8. The molecule has 28 heavy (non-hydrogen) atoms. The van der Waals surface area contributed by atoms with Crippen molar-refractivity contribution in [3.63, 3.8) is 0 Å². The number of methoxy groups -OCH3 is 1. The van der Waals surface area contributed by atoms with Crippen LogP contribution in [0.3, 0.4) is 0 Å². The molecule has 2 aromatic carbocycles. The average Bonchev–Trinajstić information content (AvgIpc) is 2.74. The largest absolute Gasteiger partial charge is 0.497 e. The van der Waals surface area contributed by atoms with Crippen LogP contribution in [0.1, 0.15) is 58.9 Å². The molecule has 2 amide bonds.